The Hall–Kier alpha value is -1.90. The van der Waals surface area contributed by atoms with Crippen molar-refractivity contribution in [2.45, 2.75) is 32.3 Å². The van der Waals surface area contributed by atoms with E-state index in [-0.39, 0.29) is 11.0 Å². The lowest BCUT2D eigenvalue weighted by Gasteiger charge is -2.22. The number of halogens is 3. The van der Waals surface area contributed by atoms with E-state index >= 15 is 0 Å². The molecule has 130 valence electrons. The minimum absolute atomic E-state index is 0.111. The average Bonchev–Trinajstić information content (AvgIpc) is 2.41. The molecule has 0 radical (unpaired) electrons. The lowest BCUT2D eigenvalue weighted by atomic mass is 10.2. The Labute approximate surface area is 138 Å². The molecule has 0 aromatic carbocycles. The Morgan fingerprint density at radius 2 is 1.96 bits per heavy atom. The highest BCUT2D eigenvalue weighted by Gasteiger charge is 2.31. The van der Waals surface area contributed by atoms with Crippen molar-refractivity contribution >= 4 is 29.2 Å². The fourth-order valence-corrected chi connectivity index (χ4v) is 1.74. The van der Waals surface area contributed by atoms with Gasteiger partial charge in [-0.2, -0.15) is 0 Å². The molecule has 23 heavy (non-hydrogen) atoms. The summed E-state index contributed by atoms with van der Waals surface area (Å²) >= 11 is 5.83. The van der Waals surface area contributed by atoms with E-state index in [0.29, 0.717) is 5.69 Å². The van der Waals surface area contributed by atoms with Crippen LogP contribution in [-0.4, -0.2) is 47.7 Å². The van der Waals surface area contributed by atoms with Gasteiger partial charge in [-0.25, -0.2) is 23.5 Å². The SMILES string of the molecule is CNc1c(Cl)ncnc1NCC(F)(F)CNC(=O)OC(C)(C)C. The van der Waals surface area contributed by atoms with Crippen LogP contribution >= 0.6 is 11.6 Å². The fourth-order valence-electron chi connectivity index (χ4n) is 1.51. The summed E-state index contributed by atoms with van der Waals surface area (Å²) < 4.78 is 32.5. The van der Waals surface area contributed by atoms with E-state index in [1.807, 2.05) is 5.32 Å². The zero-order valence-corrected chi connectivity index (χ0v) is 14.1. The van der Waals surface area contributed by atoms with Gasteiger partial charge in [-0.15, -0.1) is 0 Å². The molecule has 0 fully saturated rings. The number of hydrogen-bond acceptors (Lipinski definition) is 6. The van der Waals surface area contributed by atoms with Crippen LogP contribution in [0.15, 0.2) is 6.33 Å². The van der Waals surface area contributed by atoms with Crippen LogP contribution in [0.3, 0.4) is 0 Å². The summed E-state index contributed by atoms with van der Waals surface area (Å²) in [5.74, 6) is -3.07. The summed E-state index contributed by atoms with van der Waals surface area (Å²) in [6.07, 6.45) is 0.251. The van der Waals surface area contributed by atoms with Crippen molar-refractivity contribution in [3.05, 3.63) is 11.5 Å². The van der Waals surface area contributed by atoms with E-state index in [1.54, 1.807) is 27.8 Å². The Kier molecular flexibility index (Phi) is 6.31. The number of carbonyl (C=O) groups excluding carboxylic acids is 1. The smallest absolute Gasteiger partial charge is 0.407 e. The molecule has 0 aliphatic heterocycles. The van der Waals surface area contributed by atoms with Gasteiger partial charge in [0.2, 0.25) is 0 Å². The third-order valence-corrected chi connectivity index (χ3v) is 2.74. The van der Waals surface area contributed by atoms with Gasteiger partial charge in [-0.3, -0.25) is 0 Å². The number of carbonyl (C=O) groups is 1. The number of amides is 1. The van der Waals surface area contributed by atoms with E-state index in [4.69, 9.17) is 16.3 Å². The van der Waals surface area contributed by atoms with Crippen molar-refractivity contribution in [2.24, 2.45) is 0 Å². The molecule has 0 aliphatic carbocycles. The Bertz CT molecular complexity index is 552. The number of anilines is 2. The van der Waals surface area contributed by atoms with Crippen LogP contribution in [0.2, 0.25) is 5.15 Å². The quantitative estimate of drug-likeness (QED) is 0.683. The summed E-state index contributed by atoms with van der Waals surface area (Å²) in [5.41, 5.74) is -0.443. The highest BCUT2D eigenvalue weighted by atomic mass is 35.5. The zero-order valence-electron chi connectivity index (χ0n) is 13.3. The molecule has 0 spiro atoms. The van der Waals surface area contributed by atoms with Crippen molar-refractivity contribution in [1.29, 1.82) is 0 Å². The van der Waals surface area contributed by atoms with Gasteiger partial charge in [0, 0.05) is 7.05 Å². The number of hydrogen-bond donors (Lipinski definition) is 3. The van der Waals surface area contributed by atoms with Gasteiger partial charge in [0.05, 0.1) is 13.1 Å². The molecule has 0 unspecified atom stereocenters. The van der Waals surface area contributed by atoms with Crippen LogP contribution in [0, 0.1) is 0 Å². The minimum Gasteiger partial charge on any atom is -0.444 e. The van der Waals surface area contributed by atoms with Crippen molar-refractivity contribution in [3.8, 4) is 0 Å². The van der Waals surface area contributed by atoms with Crippen molar-refractivity contribution in [1.82, 2.24) is 15.3 Å². The first-order chi connectivity index (χ1) is 10.5. The van der Waals surface area contributed by atoms with E-state index in [2.05, 4.69) is 20.6 Å². The summed E-state index contributed by atoms with van der Waals surface area (Å²) in [6, 6.07) is 0. The summed E-state index contributed by atoms with van der Waals surface area (Å²) in [7, 11) is 1.57. The van der Waals surface area contributed by atoms with Gasteiger partial charge in [-0.05, 0) is 20.8 Å². The molecule has 1 rings (SSSR count). The number of alkyl halides is 2. The van der Waals surface area contributed by atoms with Crippen LogP contribution < -0.4 is 16.0 Å². The highest BCUT2D eigenvalue weighted by Crippen LogP contribution is 2.26. The molecular weight excluding hydrogens is 332 g/mol. The molecule has 0 atom stereocenters. The van der Waals surface area contributed by atoms with Crippen molar-refractivity contribution in [2.75, 3.05) is 30.8 Å². The highest BCUT2D eigenvalue weighted by molar-refractivity contribution is 6.32. The lowest BCUT2D eigenvalue weighted by Crippen LogP contribution is -2.43. The third-order valence-electron chi connectivity index (χ3n) is 2.46. The van der Waals surface area contributed by atoms with E-state index in [0.717, 1.165) is 6.33 Å². The van der Waals surface area contributed by atoms with E-state index < -0.39 is 30.7 Å². The molecular formula is C13H20ClF2N5O2. The first-order valence-corrected chi connectivity index (χ1v) is 7.19. The van der Waals surface area contributed by atoms with Crippen LogP contribution in [0.4, 0.5) is 25.1 Å². The molecule has 7 nitrogen and oxygen atoms in total. The number of alkyl carbamates (subject to hydrolysis) is 1. The van der Waals surface area contributed by atoms with Crippen LogP contribution in [0.1, 0.15) is 20.8 Å². The standard InChI is InChI=1S/C13H20ClF2N5O2/c1-12(2,3)23-11(22)19-6-13(15,16)5-18-10-8(17-4)9(14)20-7-21-10/h7,17H,5-6H2,1-4H3,(H,19,22)(H,18,20,21). The second-order valence-corrected chi connectivity index (χ2v) is 6.06. The number of ether oxygens (including phenoxy) is 1. The molecule has 0 saturated carbocycles. The van der Waals surface area contributed by atoms with Gasteiger partial charge in [0.25, 0.3) is 5.92 Å². The lowest BCUT2D eigenvalue weighted by molar-refractivity contribution is 0.00673. The summed E-state index contributed by atoms with van der Waals surface area (Å²) in [4.78, 5) is 19.0. The topological polar surface area (TPSA) is 88.2 Å². The average molecular weight is 352 g/mol. The van der Waals surface area contributed by atoms with Crippen LogP contribution in [0.25, 0.3) is 0 Å². The first kappa shape index (κ1) is 19.1. The van der Waals surface area contributed by atoms with Gasteiger partial charge in [-0.1, -0.05) is 11.6 Å². The van der Waals surface area contributed by atoms with Crippen LogP contribution in [-0.2, 0) is 4.74 Å². The normalized spacial score (nSPS) is 11.8. The summed E-state index contributed by atoms with van der Waals surface area (Å²) in [5, 5.41) is 7.34. The second-order valence-electron chi connectivity index (χ2n) is 5.70. The second kappa shape index (κ2) is 7.58. The predicted molar refractivity (Wildman–Crippen MR) is 84.3 cm³/mol. The Morgan fingerprint density at radius 1 is 1.30 bits per heavy atom. The maximum atomic E-state index is 13.8. The van der Waals surface area contributed by atoms with E-state index in [9.17, 15) is 13.6 Å². The largest absolute Gasteiger partial charge is 0.444 e. The third kappa shape index (κ3) is 6.81. The molecule has 3 N–H and O–H groups in total. The fraction of sp³-hybridized carbons (Fsp3) is 0.615. The van der Waals surface area contributed by atoms with Gasteiger partial charge >= 0.3 is 6.09 Å². The molecule has 1 amide bonds. The first-order valence-electron chi connectivity index (χ1n) is 6.81. The number of nitrogens with one attached hydrogen (secondary N) is 3. The van der Waals surface area contributed by atoms with Crippen LogP contribution in [0.5, 0.6) is 0 Å². The van der Waals surface area contributed by atoms with Crippen molar-refractivity contribution in [3.63, 3.8) is 0 Å². The molecule has 0 aliphatic rings. The van der Waals surface area contributed by atoms with Gasteiger partial charge < -0.3 is 20.7 Å². The maximum Gasteiger partial charge on any atom is 0.407 e. The Balaban J connectivity index is 2.56. The van der Waals surface area contributed by atoms with Crippen molar-refractivity contribution < 1.29 is 18.3 Å². The number of rotatable bonds is 6. The summed E-state index contributed by atoms with van der Waals surface area (Å²) in [6.45, 7) is 3.31. The molecule has 10 heteroatoms. The predicted octanol–water partition coefficient (Wildman–Crippen LogP) is 2.74. The number of aromatic nitrogens is 2. The molecule has 1 heterocycles. The molecule has 1 aromatic heterocycles. The molecule has 0 bridgehead atoms. The molecule has 1 aromatic rings. The zero-order chi connectivity index (χ0) is 17.7. The van der Waals surface area contributed by atoms with E-state index in [1.165, 1.54) is 0 Å². The minimum atomic E-state index is -3.21. The number of nitrogens with zero attached hydrogens (tertiary/aromatic N) is 2. The Morgan fingerprint density at radius 3 is 2.52 bits per heavy atom. The monoisotopic (exact) mass is 351 g/mol. The maximum absolute atomic E-state index is 13.8. The van der Waals surface area contributed by atoms with Gasteiger partial charge in [0.15, 0.2) is 11.0 Å². The molecule has 0 saturated heterocycles. The van der Waals surface area contributed by atoms with Gasteiger partial charge in [0.1, 0.15) is 17.6 Å².